The maximum atomic E-state index is 5.59. The van der Waals surface area contributed by atoms with Crippen molar-refractivity contribution in [3.05, 3.63) is 30.7 Å². The lowest BCUT2D eigenvalue weighted by atomic mass is 10.2. The number of piperazine rings is 1. The number of aromatic nitrogens is 4. The number of ether oxygens (including phenoxy) is 1. The molecule has 1 saturated heterocycles. The van der Waals surface area contributed by atoms with Crippen LogP contribution in [0.15, 0.2) is 30.7 Å². The number of hydrogen-bond donors (Lipinski definition) is 2. The van der Waals surface area contributed by atoms with Crippen LogP contribution in [0.2, 0.25) is 0 Å². The highest BCUT2D eigenvalue weighted by atomic mass is 16.5. The van der Waals surface area contributed by atoms with E-state index in [4.69, 9.17) is 14.7 Å². The molecule has 0 unspecified atom stereocenters. The van der Waals surface area contributed by atoms with Crippen LogP contribution in [-0.4, -0.2) is 59.3 Å². The van der Waals surface area contributed by atoms with E-state index in [0.717, 1.165) is 54.3 Å². The van der Waals surface area contributed by atoms with Crippen molar-refractivity contribution in [2.45, 2.75) is 31.7 Å². The topological polar surface area (TPSA) is 88.1 Å². The van der Waals surface area contributed by atoms with Crippen molar-refractivity contribution in [3.8, 4) is 17.1 Å². The van der Waals surface area contributed by atoms with Crippen molar-refractivity contribution < 1.29 is 4.74 Å². The summed E-state index contributed by atoms with van der Waals surface area (Å²) in [7, 11) is 1.66. The average molecular weight is 406 g/mol. The first-order chi connectivity index (χ1) is 14.8. The molecular weight excluding hydrogens is 378 g/mol. The molecule has 1 aliphatic carbocycles. The van der Waals surface area contributed by atoms with Crippen LogP contribution in [-0.2, 0) is 0 Å². The number of rotatable bonds is 5. The number of nitrogens with one attached hydrogen (secondary N) is 2. The largest absolute Gasteiger partial charge is 0.494 e. The van der Waals surface area contributed by atoms with Gasteiger partial charge in [-0.2, -0.15) is 0 Å². The van der Waals surface area contributed by atoms with Crippen molar-refractivity contribution in [2.24, 2.45) is 0 Å². The van der Waals surface area contributed by atoms with E-state index >= 15 is 0 Å². The van der Waals surface area contributed by atoms with Gasteiger partial charge in [-0.3, -0.25) is 4.98 Å². The minimum absolute atomic E-state index is 0.509. The summed E-state index contributed by atoms with van der Waals surface area (Å²) in [6.45, 7) is 3.64. The van der Waals surface area contributed by atoms with Crippen LogP contribution in [0.3, 0.4) is 0 Å². The molecule has 3 aromatic heterocycles. The molecule has 2 N–H and O–H groups in total. The molecule has 8 heteroatoms. The molecule has 156 valence electrons. The summed E-state index contributed by atoms with van der Waals surface area (Å²) in [5, 5.41) is 7.88. The molecule has 4 heterocycles. The second-order valence-electron chi connectivity index (χ2n) is 7.90. The van der Waals surface area contributed by atoms with Gasteiger partial charge in [-0.25, -0.2) is 15.0 Å². The minimum Gasteiger partial charge on any atom is -0.494 e. The zero-order chi connectivity index (χ0) is 20.3. The number of hydrogen-bond acceptors (Lipinski definition) is 8. The summed E-state index contributed by atoms with van der Waals surface area (Å²) in [6.07, 6.45) is 10.3. The van der Waals surface area contributed by atoms with Crippen LogP contribution in [0.25, 0.3) is 22.3 Å². The first-order valence-corrected chi connectivity index (χ1v) is 10.7. The van der Waals surface area contributed by atoms with Gasteiger partial charge >= 0.3 is 0 Å². The second kappa shape index (κ2) is 8.39. The number of fused-ring (bicyclic) bond motifs is 1. The van der Waals surface area contributed by atoms with Crippen LogP contribution < -0.4 is 20.3 Å². The fourth-order valence-electron chi connectivity index (χ4n) is 4.35. The first-order valence-electron chi connectivity index (χ1n) is 10.7. The fraction of sp³-hybridized carbons (Fsp3) is 0.455. The molecule has 0 amide bonds. The Morgan fingerprint density at radius 2 is 1.97 bits per heavy atom. The van der Waals surface area contributed by atoms with Gasteiger partial charge in [0, 0.05) is 44.0 Å². The number of anilines is 2. The Morgan fingerprint density at radius 3 is 2.77 bits per heavy atom. The molecule has 8 nitrogen and oxygen atoms in total. The van der Waals surface area contributed by atoms with E-state index in [0.29, 0.717) is 17.6 Å². The molecule has 2 aliphatic rings. The molecule has 0 aromatic carbocycles. The van der Waals surface area contributed by atoms with Crippen LogP contribution in [0.1, 0.15) is 25.7 Å². The predicted molar refractivity (Wildman–Crippen MR) is 118 cm³/mol. The highest BCUT2D eigenvalue weighted by Gasteiger charge is 2.21. The van der Waals surface area contributed by atoms with Gasteiger partial charge in [0.1, 0.15) is 17.4 Å². The van der Waals surface area contributed by atoms with Crippen molar-refractivity contribution >= 4 is 22.5 Å². The third-order valence-electron chi connectivity index (χ3n) is 5.91. The van der Waals surface area contributed by atoms with Crippen LogP contribution in [0, 0.1) is 0 Å². The van der Waals surface area contributed by atoms with Gasteiger partial charge in [-0.15, -0.1) is 0 Å². The average Bonchev–Trinajstić information content (AvgIpc) is 3.31. The molecule has 0 bridgehead atoms. The molecule has 1 aliphatic heterocycles. The molecule has 0 radical (unpaired) electrons. The van der Waals surface area contributed by atoms with Gasteiger partial charge in [-0.05, 0) is 25.0 Å². The Morgan fingerprint density at radius 1 is 1.13 bits per heavy atom. The molecule has 0 spiro atoms. The highest BCUT2D eigenvalue weighted by Crippen LogP contribution is 2.34. The lowest BCUT2D eigenvalue weighted by Crippen LogP contribution is -2.44. The second-order valence-corrected chi connectivity index (χ2v) is 7.90. The van der Waals surface area contributed by atoms with Crippen molar-refractivity contribution in [3.63, 3.8) is 0 Å². The molecule has 2 fully saturated rings. The summed E-state index contributed by atoms with van der Waals surface area (Å²) in [5.74, 6) is 3.17. The summed E-state index contributed by atoms with van der Waals surface area (Å²) >= 11 is 0. The van der Waals surface area contributed by atoms with Crippen LogP contribution >= 0.6 is 0 Å². The normalized spacial score (nSPS) is 17.4. The summed E-state index contributed by atoms with van der Waals surface area (Å²) in [4.78, 5) is 21.0. The Labute approximate surface area is 176 Å². The Bertz CT molecular complexity index is 1030. The van der Waals surface area contributed by atoms with Gasteiger partial charge < -0.3 is 20.3 Å². The fourth-order valence-corrected chi connectivity index (χ4v) is 4.35. The maximum absolute atomic E-state index is 5.59. The highest BCUT2D eigenvalue weighted by molar-refractivity contribution is 5.95. The van der Waals surface area contributed by atoms with E-state index in [2.05, 4.69) is 31.6 Å². The van der Waals surface area contributed by atoms with E-state index in [1.165, 1.54) is 25.7 Å². The molecule has 30 heavy (non-hydrogen) atoms. The quantitative estimate of drug-likeness (QED) is 0.670. The molecule has 1 saturated carbocycles. The van der Waals surface area contributed by atoms with E-state index in [9.17, 15) is 0 Å². The third-order valence-corrected chi connectivity index (χ3v) is 5.91. The Hall–Kier alpha value is -3.00. The van der Waals surface area contributed by atoms with Crippen molar-refractivity contribution in [1.82, 2.24) is 25.3 Å². The van der Waals surface area contributed by atoms with E-state index in [1.807, 2.05) is 12.3 Å². The van der Waals surface area contributed by atoms with Gasteiger partial charge in [0.25, 0.3) is 0 Å². The summed E-state index contributed by atoms with van der Waals surface area (Å²) in [6, 6.07) is 4.53. The zero-order valence-electron chi connectivity index (χ0n) is 17.3. The lowest BCUT2D eigenvalue weighted by molar-refractivity contribution is 0.418. The van der Waals surface area contributed by atoms with Gasteiger partial charge in [0.15, 0.2) is 5.82 Å². The third kappa shape index (κ3) is 3.75. The number of nitrogens with zero attached hydrogens (tertiary/aromatic N) is 5. The SMILES string of the molecule is COc1cncc2nc(-c3ccnc(NC4CCCC4)c3)nc(N3CCNCC3)c12. The first kappa shape index (κ1) is 19.0. The zero-order valence-corrected chi connectivity index (χ0v) is 17.3. The van der Waals surface area contributed by atoms with Gasteiger partial charge in [-0.1, -0.05) is 12.8 Å². The predicted octanol–water partition coefficient (Wildman–Crippen LogP) is 2.86. The molecular formula is C22H27N7O. The molecule has 3 aromatic rings. The Kier molecular flexibility index (Phi) is 5.31. The number of pyridine rings is 2. The molecule has 5 rings (SSSR count). The van der Waals surface area contributed by atoms with Crippen molar-refractivity contribution in [2.75, 3.05) is 43.5 Å². The van der Waals surface area contributed by atoms with Gasteiger partial charge in [0.05, 0.1) is 30.4 Å². The summed E-state index contributed by atoms with van der Waals surface area (Å²) in [5.41, 5.74) is 1.74. The summed E-state index contributed by atoms with van der Waals surface area (Å²) < 4.78 is 5.59. The van der Waals surface area contributed by atoms with E-state index in [1.54, 1.807) is 19.5 Å². The monoisotopic (exact) mass is 405 g/mol. The van der Waals surface area contributed by atoms with E-state index in [-0.39, 0.29) is 0 Å². The van der Waals surface area contributed by atoms with Crippen molar-refractivity contribution in [1.29, 1.82) is 0 Å². The van der Waals surface area contributed by atoms with Crippen LogP contribution in [0.5, 0.6) is 5.75 Å². The van der Waals surface area contributed by atoms with E-state index < -0.39 is 0 Å². The number of methoxy groups -OCH3 is 1. The maximum Gasteiger partial charge on any atom is 0.162 e. The van der Waals surface area contributed by atoms with Crippen LogP contribution in [0.4, 0.5) is 11.6 Å². The minimum atomic E-state index is 0.509. The smallest absolute Gasteiger partial charge is 0.162 e. The Balaban J connectivity index is 1.58. The standard InChI is InChI=1S/C22H27N7O/c1-30-18-14-24-13-17-20(18)22(29-10-8-23-9-11-29)28-21(27-17)15-6-7-25-19(12-15)26-16-4-2-3-5-16/h6-7,12-14,16,23H,2-5,8-11H2,1H3,(H,25,26). The molecule has 0 atom stereocenters. The lowest BCUT2D eigenvalue weighted by Gasteiger charge is -2.29. The van der Waals surface area contributed by atoms with Gasteiger partial charge in [0.2, 0.25) is 0 Å².